The number of halogens is 3. The molecular formula is C18H19F3N6O3. The van der Waals surface area contributed by atoms with Gasteiger partial charge in [0.15, 0.2) is 5.65 Å². The third-order valence-corrected chi connectivity index (χ3v) is 5.13. The van der Waals surface area contributed by atoms with Crippen LogP contribution in [0.4, 0.5) is 18.9 Å². The first kappa shape index (κ1) is 20.1. The largest absolute Gasteiger partial charge is 0.574 e. The Bertz CT molecular complexity index is 1040. The molecule has 160 valence electrons. The Morgan fingerprint density at radius 1 is 1.30 bits per heavy atom. The van der Waals surface area contributed by atoms with E-state index >= 15 is 0 Å². The number of fused-ring (bicyclic) bond motifs is 1. The maximum Gasteiger partial charge on any atom is 0.574 e. The Hall–Kier alpha value is -3.15. The fourth-order valence-corrected chi connectivity index (χ4v) is 3.60. The van der Waals surface area contributed by atoms with E-state index in [1.165, 1.54) is 27.8 Å². The lowest BCUT2D eigenvalue weighted by atomic mass is 9.87. The Labute approximate surface area is 168 Å². The predicted octanol–water partition coefficient (Wildman–Crippen LogP) is 2.80. The van der Waals surface area contributed by atoms with Gasteiger partial charge >= 0.3 is 6.36 Å². The number of alkyl halides is 3. The number of anilines is 1. The van der Waals surface area contributed by atoms with Crippen LogP contribution in [0, 0.1) is 5.92 Å². The van der Waals surface area contributed by atoms with Crippen molar-refractivity contribution in [1.82, 2.24) is 24.4 Å². The first-order chi connectivity index (χ1) is 14.3. The number of aliphatic hydroxyl groups is 1. The molecule has 0 spiro atoms. The summed E-state index contributed by atoms with van der Waals surface area (Å²) < 4.78 is 45.4. The van der Waals surface area contributed by atoms with E-state index < -0.39 is 18.1 Å². The Kier molecular flexibility index (Phi) is 5.33. The molecule has 3 aromatic rings. The highest BCUT2D eigenvalue weighted by Gasteiger charge is 2.35. The fraction of sp³-hybridized carbons (Fsp3) is 0.444. The van der Waals surface area contributed by atoms with Gasteiger partial charge in [0.2, 0.25) is 0 Å². The van der Waals surface area contributed by atoms with Gasteiger partial charge in [0, 0.05) is 19.0 Å². The molecule has 1 aliphatic rings. The van der Waals surface area contributed by atoms with Crippen molar-refractivity contribution in [3.63, 3.8) is 0 Å². The summed E-state index contributed by atoms with van der Waals surface area (Å²) in [6.07, 6.45) is 3.53. The number of aliphatic hydroxyl groups excluding tert-OH is 1. The van der Waals surface area contributed by atoms with Crippen molar-refractivity contribution >= 4 is 17.2 Å². The van der Waals surface area contributed by atoms with Crippen molar-refractivity contribution in [1.29, 1.82) is 0 Å². The zero-order valence-corrected chi connectivity index (χ0v) is 15.7. The molecule has 0 bridgehead atoms. The average Bonchev–Trinajstić information content (AvgIpc) is 3.31. The normalized spacial score (nSPS) is 19.7. The minimum Gasteiger partial charge on any atom is -0.396 e. The summed E-state index contributed by atoms with van der Waals surface area (Å²) in [5.41, 5.74) is 0.171. The van der Waals surface area contributed by atoms with Crippen LogP contribution in [-0.4, -0.2) is 48.4 Å². The molecule has 9 nitrogen and oxygen atoms in total. The summed E-state index contributed by atoms with van der Waals surface area (Å²) in [4.78, 5) is 16.7. The summed E-state index contributed by atoms with van der Waals surface area (Å²) in [6.45, 7) is 0.0866. The van der Waals surface area contributed by atoms with Gasteiger partial charge in [-0.1, -0.05) is 0 Å². The second-order valence-electron chi connectivity index (χ2n) is 7.13. The summed E-state index contributed by atoms with van der Waals surface area (Å²) in [7, 11) is 0. The molecule has 3 heterocycles. The molecule has 0 radical (unpaired) electrons. The molecular weight excluding hydrogens is 405 g/mol. The summed E-state index contributed by atoms with van der Waals surface area (Å²) in [6, 6.07) is 1.49. The molecule has 0 aromatic carbocycles. The van der Waals surface area contributed by atoms with E-state index in [0.717, 1.165) is 12.8 Å². The van der Waals surface area contributed by atoms with Crippen LogP contribution in [0.5, 0.6) is 5.88 Å². The average molecular weight is 424 g/mol. The van der Waals surface area contributed by atoms with E-state index in [0.29, 0.717) is 12.8 Å². The number of carbonyl (C=O) groups excluding carboxylic acids is 1. The van der Waals surface area contributed by atoms with Gasteiger partial charge < -0.3 is 15.2 Å². The summed E-state index contributed by atoms with van der Waals surface area (Å²) in [5.74, 6) is -1.23. The highest BCUT2D eigenvalue weighted by molar-refractivity contribution is 6.08. The number of hydrogen-bond acceptors (Lipinski definition) is 6. The molecule has 0 aliphatic heterocycles. The van der Waals surface area contributed by atoms with Gasteiger partial charge in [-0.3, -0.25) is 9.48 Å². The minimum absolute atomic E-state index is 0.0866. The number of aromatic nitrogens is 5. The summed E-state index contributed by atoms with van der Waals surface area (Å²) in [5, 5.41) is 19.6. The van der Waals surface area contributed by atoms with Crippen LogP contribution in [-0.2, 0) is 0 Å². The SMILES string of the molecule is O=C(Nc1cn([C@H]2CC[C@H](CO)CC2)nc1OC(F)(F)F)c1cnn2cccnc12. The van der Waals surface area contributed by atoms with Gasteiger partial charge in [0.1, 0.15) is 11.3 Å². The highest BCUT2D eigenvalue weighted by Crippen LogP contribution is 2.36. The van der Waals surface area contributed by atoms with Crippen molar-refractivity contribution in [2.45, 2.75) is 38.1 Å². The van der Waals surface area contributed by atoms with Crippen LogP contribution in [0.2, 0.25) is 0 Å². The Balaban J connectivity index is 1.59. The zero-order valence-electron chi connectivity index (χ0n) is 15.7. The van der Waals surface area contributed by atoms with Crippen molar-refractivity contribution in [3.8, 4) is 5.88 Å². The Morgan fingerprint density at radius 2 is 2.07 bits per heavy atom. The van der Waals surface area contributed by atoms with Crippen LogP contribution >= 0.6 is 0 Å². The van der Waals surface area contributed by atoms with Crippen molar-refractivity contribution < 1.29 is 27.8 Å². The van der Waals surface area contributed by atoms with E-state index in [-0.39, 0.29) is 35.5 Å². The van der Waals surface area contributed by atoms with Crippen LogP contribution in [0.3, 0.4) is 0 Å². The highest BCUT2D eigenvalue weighted by atomic mass is 19.4. The van der Waals surface area contributed by atoms with Gasteiger partial charge in [-0.25, -0.2) is 9.50 Å². The number of nitrogens with one attached hydrogen (secondary N) is 1. The smallest absolute Gasteiger partial charge is 0.396 e. The lowest BCUT2D eigenvalue weighted by Crippen LogP contribution is -2.21. The van der Waals surface area contributed by atoms with E-state index in [4.69, 9.17) is 0 Å². The topological polar surface area (TPSA) is 107 Å². The third kappa shape index (κ3) is 4.22. The molecule has 4 rings (SSSR count). The Morgan fingerprint density at radius 3 is 2.77 bits per heavy atom. The van der Waals surface area contributed by atoms with Gasteiger partial charge in [-0.2, -0.15) is 5.10 Å². The molecule has 2 N–H and O–H groups in total. The monoisotopic (exact) mass is 424 g/mol. The van der Waals surface area contributed by atoms with Crippen molar-refractivity contribution in [2.24, 2.45) is 5.92 Å². The third-order valence-electron chi connectivity index (χ3n) is 5.13. The van der Waals surface area contributed by atoms with Crippen LogP contribution in [0.25, 0.3) is 5.65 Å². The number of rotatable bonds is 5. The standard InChI is InChI=1S/C18H19F3N6O3/c19-18(20,21)30-17-14(9-27(25-17)12-4-2-11(10-28)3-5-12)24-16(29)13-8-23-26-7-1-6-22-15(13)26/h1,6-9,11-12,28H,2-5,10H2,(H,24,29)/t11-,12-. The lowest BCUT2D eigenvalue weighted by molar-refractivity contribution is -0.276. The number of carbonyl (C=O) groups is 1. The fourth-order valence-electron chi connectivity index (χ4n) is 3.60. The van der Waals surface area contributed by atoms with Gasteiger partial charge in [-0.05, 0) is 37.7 Å². The molecule has 1 fully saturated rings. The minimum atomic E-state index is -4.96. The second-order valence-corrected chi connectivity index (χ2v) is 7.13. The number of nitrogens with zero attached hydrogens (tertiary/aromatic N) is 5. The van der Waals surface area contributed by atoms with Crippen molar-refractivity contribution in [2.75, 3.05) is 11.9 Å². The molecule has 0 unspecified atom stereocenters. The maximum absolute atomic E-state index is 12.9. The maximum atomic E-state index is 12.9. The van der Waals surface area contributed by atoms with E-state index in [1.54, 1.807) is 12.3 Å². The van der Waals surface area contributed by atoms with Crippen LogP contribution in [0.15, 0.2) is 30.9 Å². The molecule has 1 saturated carbocycles. The van der Waals surface area contributed by atoms with Gasteiger partial charge in [0.25, 0.3) is 11.8 Å². The van der Waals surface area contributed by atoms with Crippen LogP contribution < -0.4 is 10.1 Å². The van der Waals surface area contributed by atoms with Gasteiger partial charge in [-0.15, -0.1) is 18.3 Å². The van der Waals surface area contributed by atoms with Crippen molar-refractivity contribution in [3.05, 3.63) is 36.4 Å². The van der Waals surface area contributed by atoms with E-state index in [2.05, 4.69) is 25.2 Å². The first-order valence-electron chi connectivity index (χ1n) is 9.39. The number of hydrogen-bond donors (Lipinski definition) is 2. The van der Waals surface area contributed by atoms with E-state index in [9.17, 15) is 23.1 Å². The first-order valence-corrected chi connectivity index (χ1v) is 9.39. The van der Waals surface area contributed by atoms with E-state index in [1.807, 2.05) is 0 Å². The molecule has 0 atom stereocenters. The molecule has 0 saturated heterocycles. The number of amides is 1. The molecule has 30 heavy (non-hydrogen) atoms. The quantitative estimate of drug-likeness (QED) is 0.652. The predicted molar refractivity (Wildman–Crippen MR) is 97.9 cm³/mol. The number of ether oxygens (including phenoxy) is 1. The summed E-state index contributed by atoms with van der Waals surface area (Å²) >= 11 is 0. The second kappa shape index (κ2) is 7.94. The molecule has 3 aromatic heterocycles. The zero-order chi connectivity index (χ0) is 21.3. The molecule has 1 aliphatic carbocycles. The van der Waals surface area contributed by atoms with Gasteiger partial charge in [0.05, 0.1) is 18.4 Å². The molecule has 12 heteroatoms. The molecule has 1 amide bonds. The lowest BCUT2D eigenvalue weighted by Gasteiger charge is -2.27. The van der Waals surface area contributed by atoms with Crippen LogP contribution in [0.1, 0.15) is 42.1 Å².